The number of carbonyl (C=O) groups excluding carboxylic acids is 1. The second kappa shape index (κ2) is 7.29. The monoisotopic (exact) mass is 363 g/mol. The first-order chi connectivity index (χ1) is 13.2. The Labute approximate surface area is 154 Å². The third kappa shape index (κ3) is 3.79. The van der Waals surface area contributed by atoms with Crippen LogP contribution >= 0.6 is 0 Å². The summed E-state index contributed by atoms with van der Waals surface area (Å²) >= 11 is 0. The van der Waals surface area contributed by atoms with Crippen molar-refractivity contribution in [3.63, 3.8) is 0 Å². The molecule has 0 aliphatic rings. The maximum atomic E-state index is 13.0. The Bertz CT molecular complexity index is 1030. The van der Waals surface area contributed by atoms with Gasteiger partial charge >= 0.3 is 0 Å². The molecule has 4 aromatic rings. The number of ketones is 1. The molecule has 27 heavy (non-hydrogen) atoms. The summed E-state index contributed by atoms with van der Waals surface area (Å²) in [5.74, 6) is 1.16. The van der Waals surface area contributed by atoms with E-state index in [4.69, 9.17) is 13.7 Å². The smallest absolute Gasteiger partial charge is 0.202 e. The largest absolute Gasteiger partial charge is 0.487 e. The first-order valence-electron chi connectivity index (χ1n) is 8.22. The Kier molecular flexibility index (Phi) is 4.53. The molecule has 0 bridgehead atoms. The van der Waals surface area contributed by atoms with Crippen molar-refractivity contribution in [2.45, 2.75) is 6.61 Å². The molecule has 0 N–H and O–H groups in total. The maximum absolute atomic E-state index is 13.0. The van der Waals surface area contributed by atoms with Crippen molar-refractivity contribution < 1.29 is 22.9 Å². The maximum Gasteiger partial charge on any atom is 0.202 e. The molecule has 0 amide bonds. The van der Waals surface area contributed by atoms with Crippen molar-refractivity contribution in [3.05, 3.63) is 95.6 Å². The van der Waals surface area contributed by atoms with Crippen LogP contribution in [-0.4, -0.2) is 10.9 Å². The quantitative estimate of drug-likeness (QED) is 0.457. The molecule has 2 aromatic heterocycles. The van der Waals surface area contributed by atoms with E-state index in [2.05, 4.69) is 5.16 Å². The first-order valence-corrected chi connectivity index (χ1v) is 8.22. The summed E-state index contributed by atoms with van der Waals surface area (Å²) < 4.78 is 29.1. The van der Waals surface area contributed by atoms with Gasteiger partial charge in [-0.3, -0.25) is 4.79 Å². The van der Waals surface area contributed by atoms with Crippen molar-refractivity contribution >= 4 is 5.78 Å². The van der Waals surface area contributed by atoms with E-state index in [1.807, 2.05) is 0 Å². The fraction of sp³-hybridized carbons (Fsp3) is 0.0476. The molecule has 5 nitrogen and oxygen atoms in total. The van der Waals surface area contributed by atoms with Gasteiger partial charge in [0.2, 0.25) is 5.76 Å². The summed E-state index contributed by atoms with van der Waals surface area (Å²) in [6.07, 6.45) is 1.56. The Hall–Kier alpha value is -3.67. The summed E-state index contributed by atoms with van der Waals surface area (Å²) in [4.78, 5) is 12.4. The molecule has 2 aromatic carbocycles. The number of aromatic nitrogens is 1. The predicted molar refractivity (Wildman–Crippen MR) is 94.8 cm³/mol. The normalized spacial score (nSPS) is 10.7. The van der Waals surface area contributed by atoms with Gasteiger partial charge in [0.05, 0.1) is 6.26 Å². The lowest BCUT2D eigenvalue weighted by Crippen LogP contribution is -2.01. The van der Waals surface area contributed by atoms with E-state index in [1.54, 1.807) is 48.7 Å². The van der Waals surface area contributed by atoms with Crippen LogP contribution in [0.1, 0.15) is 21.6 Å². The highest BCUT2D eigenvalue weighted by Crippen LogP contribution is 2.22. The van der Waals surface area contributed by atoms with Crippen LogP contribution in [0.25, 0.3) is 11.5 Å². The van der Waals surface area contributed by atoms with Crippen LogP contribution in [0.2, 0.25) is 0 Å². The van der Waals surface area contributed by atoms with E-state index >= 15 is 0 Å². The highest BCUT2D eigenvalue weighted by atomic mass is 19.1. The third-order valence-electron chi connectivity index (χ3n) is 3.93. The van der Waals surface area contributed by atoms with Crippen LogP contribution < -0.4 is 4.74 Å². The lowest BCUT2D eigenvalue weighted by molar-refractivity contribution is 0.103. The average Bonchev–Trinajstić information content (AvgIpc) is 3.38. The fourth-order valence-corrected chi connectivity index (χ4v) is 2.54. The minimum Gasteiger partial charge on any atom is -0.487 e. The number of hydrogen-bond donors (Lipinski definition) is 0. The number of halogens is 1. The molecule has 134 valence electrons. The number of rotatable bonds is 6. The summed E-state index contributed by atoms with van der Waals surface area (Å²) in [7, 11) is 0. The predicted octanol–water partition coefficient (Wildman–Crippen LogP) is 4.88. The van der Waals surface area contributed by atoms with Gasteiger partial charge in [0.15, 0.2) is 11.5 Å². The number of benzene rings is 2. The van der Waals surface area contributed by atoms with Gasteiger partial charge in [0.1, 0.15) is 23.9 Å². The van der Waals surface area contributed by atoms with Gasteiger partial charge in [0.25, 0.3) is 0 Å². The molecule has 0 radical (unpaired) electrons. The van der Waals surface area contributed by atoms with Crippen LogP contribution in [0, 0.1) is 5.82 Å². The van der Waals surface area contributed by atoms with E-state index in [-0.39, 0.29) is 18.2 Å². The molecule has 0 unspecified atom stereocenters. The molecule has 0 aliphatic heterocycles. The van der Waals surface area contributed by atoms with Gasteiger partial charge in [-0.25, -0.2) is 4.39 Å². The summed E-state index contributed by atoms with van der Waals surface area (Å²) in [5.41, 5.74) is 1.54. The average molecular weight is 363 g/mol. The standard InChI is InChI=1S/C21H14FNO4/c22-16-7-3-14(4-8-16)21(24)15-5-9-18(10-6-15)26-13-17-12-20(27-23-17)19-2-1-11-25-19/h1-12H,13H2. The van der Waals surface area contributed by atoms with Crippen LogP contribution in [0.4, 0.5) is 4.39 Å². The molecule has 2 heterocycles. The zero-order valence-electron chi connectivity index (χ0n) is 14.1. The van der Waals surface area contributed by atoms with Crippen LogP contribution in [-0.2, 0) is 6.61 Å². The molecular weight excluding hydrogens is 349 g/mol. The lowest BCUT2D eigenvalue weighted by Gasteiger charge is -2.05. The number of furan rings is 1. The van der Waals surface area contributed by atoms with Gasteiger partial charge in [-0.2, -0.15) is 0 Å². The topological polar surface area (TPSA) is 65.5 Å². The number of nitrogens with zero attached hydrogens (tertiary/aromatic N) is 1. The highest BCUT2D eigenvalue weighted by Gasteiger charge is 2.11. The second-order valence-corrected chi connectivity index (χ2v) is 5.81. The Balaban J connectivity index is 1.39. The van der Waals surface area contributed by atoms with Crippen molar-refractivity contribution in [3.8, 4) is 17.3 Å². The van der Waals surface area contributed by atoms with E-state index in [0.29, 0.717) is 34.1 Å². The van der Waals surface area contributed by atoms with Crippen molar-refractivity contribution in [1.82, 2.24) is 5.16 Å². The van der Waals surface area contributed by atoms with Gasteiger partial charge in [-0.1, -0.05) is 5.16 Å². The van der Waals surface area contributed by atoms with Crippen LogP contribution in [0.5, 0.6) is 5.75 Å². The Morgan fingerprint density at radius 1 is 0.963 bits per heavy atom. The van der Waals surface area contributed by atoms with Crippen molar-refractivity contribution in [2.24, 2.45) is 0 Å². The van der Waals surface area contributed by atoms with Gasteiger partial charge in [-0.05, 0) is 60.7 Å². The van der Waals surface area contributed by atoms with E-state index < -0.39 is 0 Å². The number of hydrogen-bond acceptors (Lipinski definition) is 5. The SMILES string of the molecule is O=C(c1ccc(F)cc1)c1ccc(OCc2cc(-c3ccco3)on2)cc1. The molecule has 6 heteroatoms. The van der Waals surface area contributed by atoms with E-state index in [0.717, 1.165) is 0 Å². The molecule has 0 saturated carbocycles. The zero-order valence-corrected chi connectivity index (χ0v) is 14.1. The fourth-order valence-electron chi connectivity index (χ4n) is 2.54. The van der Waals surface area contributed by atoms with E-state index in [1.165, 1.54) is 24.3 Å². The molecular formula is C21H14FNO4. The number of carbonyl (C=O) groups is 1. The van der Waals surface area contributed by atoms with Crippen molar-refractivity contribution in [2.75, 3.05) is 0 Å². The Morgan fingerprint density at radius 3 is 2.33 bits per heavy atom. The molecule has 0 spiro atoms. The minimum absolute atomic E-state index is 0.179. The summed E-state index contributed by atoms with van der Waals surface area (Å²) in [5, 5.41) is 3.94. The van der Waals surface area contributed by atoms with Crippen molar-refractivity contribution in [1.29, 1.82) is 0 Å². The summed E-state index contributed by atoms with van der Waals surface area (Å²) in [6.45, 7) is 0.218. The number of ether oxygens (including phenoxy) is 1. The molecule has 0 saturated heterocycles. The Morgan fingerprint density at radius 2 is 1.67 bits per heavy atom. The second-order valence-electron chi connectivity index (χ2n) is 5.81. The summed E-state index contributed by atoms with van der Waals surface area (Å²) in [6, 6.07) is 17.5. The zero-order chi connectivity index (χ0) is 18.6. The van der Waals surface area contributed by atoms with Gasteiger partial charge in [-0.15, -0.1) is 0 Å². The van der Waals surface area contributed by atoms with Crippen LogP contribution in [0.3, 0.4) is 0 Å². The van der Waals surface area contributed by atoms with Crippen LogP contribution in [0.15, 0.2) is 81.9 Å². The van der Waals surface area contributed by atoms with E-state index in [9.17, 15) is 9.18 Å². The first kappa shape index (κ1) is 16.8. The molecule has 4 rings (SSSR count). The van der Waals surface area contributed by atoms with Gasteiger partial charge in [0, 0.05) is 17.2 Å². The lowest BCUT2D eigenvalue weighted by atomic mass is 10.0. The molecule has 0 fully saturated rings. The molecule has 0 aliphatic carbocycles. The van der Waals surface area contributed by atoms with Gasteiger partial charge < -0.3 is 13.7 Å². The minimum atomic E-state index is -0.377. The highest BCUT2D eigenvalue weighted by molar-refractivity contribution is 6.08. The third-order valence-corrected chi connectivity index (χ3v) is 3.93. The molecule has 0 atom stereocenters.